The average molecular weight is 289 g/mol. The van der Waals surface area contributed by atoms with Crippen molar-refractivity contribution in [2.24, 2.45) is 0 Å². The Hall–Kier alpha value is -2.32. The molecule has 8 heteroatoms. The van der Waals surface area contributed by atoms with Crippen LogP contribution in [0.1, 0.15) is 10.6 Å². The van der Waals surface area contributed by atoms with Gasteiger partial charge in [0.25, 0.3) is 0 Å². The van der Waals surface area contributed by atoms with Crippen LogP contribution in [0.3, 0.4) is 0 Å². The van der Waals surface area contributed by atoms with E-state index >= 15 is 0 Å². The topological polar surface area (TPSA) is 74.3 Å². The summed E-state index contributed by atoms with van der Waals surface area (Å²) >= 11 is 1.62. The van der Waals surface area contributed by atoms with Gasteiger partial charge in [0, 0.05) is 12.0 Å². The Labute approximate surface area is 117 Å². The van der Waals surface area contributed by atoms with Crippen molar-refractivity contribution in [1.29, 1.82) is 0 Å². The molecular weight excluding hydrogens is 278 g/mol. The molecule has 0 amide bonds. The van der Waals surface area contributed by atoms with Gasteiger partial charge in [-0.15, -0.1) is 16.4 Å². The number of nitrogens with zero attached hydrogens (tertiary/aromatic N) is 5. The highest BCUT2D eigenvalue weighted by atomic mass is 32.1. The van der Waals surface area contributed by atoms with Gasteiger partial charge in [-0.1, -0.05) is 11.3 Å². The van der Waals surface area contributed by atoms with Gasteiger partial charge >= 0.3 is 5.69 Å². The van der Waals surface area contributed by atoms with Gasteiger partial charge in [0.2, 0.25) is 0 Å². The quantitative estimate of drug-likeness (QED) is 0.719. The van der Waals surface area contributed by atoms with Crippen molar-refractivity contribution in [3.05, 3.63) is 44.9 Å². The van der Waals surface area contributed by atoms with E-state index < -0.39 is 0 Å². The standard InChI is InChI=1S/C12H11N5O2S/c1-19-8-17-12(18)16-7-13-10(11(16)14-15-17)5-4-9-3-2-6-20-9/h2-7H,8H2,1H3. The van der Waals surface area contributed by atoms with Crippen molar-refractivity contribution in [3.8, 4) is 0 Å². The van der Waals surface area contributed by atoms with E-state index in [1.807, 2.05) is 29.7 Å². The molecule has 0 fully saturated rings. The van der Waals surface area contributed by atoms with Crippen molar-refractivity contribution in [2.45, 2.75) is 6.73 Å². The van der Waals surface area contributed by atoms with Gasteiger partial charge in [0.05, 0.1) is 0 Å². The van der Waals surface area contributed by atoms with Crippen LogP contribution in [0.2, 0.25) is 0 Å². The summed E-state index contributed by atoms with van der Waals surface area (Å²) in [5, 5.41) is 9.81. The molecule has 0 aromatic carbocycles. The Morgan fingerprint density at radius 1 is 1.45 bits per heavy atom. The highest BCUT2D eigenvalue weighted by Crippen LogP contribution is 2.13. The second kappa shape index (κ2) is 5.35. The third-order valence-electron chi connectivity index (χ3n) is 2.64. The molecule has 0 unspecified atom stereocenters. The molecule has 3 aromatic heterocycles. The van der Waals surface area contributed by atoms with Crippen LogP contribution in [0.5, 0.6) is 0 Å². The fraction of sp³-hybridized carbons (Fsp3) is 0.167. The summed E-state index contributed by atoms with van der Waals surface area (Å²) in [4.78, 5) is 17.3. The number of hydrogen-bond donors (Lipinski definition) is 0. The molecule has 20 heavy (non-hydrogen) atoms. The summed E-state index contributed by atoms with van der Waals surface area (Å²) < 4.78 is 7.35. The number of aromatic nitrogens is 5. The summed E-state index contributed by atoms with van der Waals surface area (Å²) in [6, 6.07) is 3.97. The number of thiophene rings is 1. The summed E-state index contributed by atoms with van der Waals surface area (Å²) in [7, 11) is 1.49. The van der Waals surface area contributed by atoms with Gasteiger partial charge in [0.1, 0.15) is 18.8 Å². The lowest BCUT2D eigenvalue weighted by molar-refractivity contribution is 0.111. The number of ether oxygens (including phenoxy) is 1. The number of fused-ring (bicyclic) bond motifs is 1. The molecule has 3 rings (SSSR count). The van der Waals surface area contributed by atoms with E-state index in [9.17, 15) is 4.79 Å². The average Bonchev–Trinajstić information content (AvgIpc) is 3.09. The van der Waals surface area contributed by atoms with Gasteiger partial charge < -0.3 is 4.74 Å². The summed E-state index contributed by atoms with van der Waals surface area (Å²) in [6.07, 6.45) is 5.18. The highest BCUT2D eigenvalue weighted by Gasteiger charge is 2.09. The lowest BCUT2D eigenvalue weighted by Crippen LogP contribution is -2.30. The summed E-state index contributed by atoms with van der Waals surface area (Å²) in [5.41, 5.74) is 0.697. The zero-order chi connectivity index (χ0) is 13.9. The Balaban J connectivity index is 2.02. The van der Waals surface area contributed by atoms with Crippen LogP contribution in [-0.4, -0.2) is 31.5 Å². The second-order valence-corrected chi connectivity index (χ2v) is 4.94. The molecule has 7 nitrogen and oxygen atoms in total. The molecule has 0 atom stereocenters. The van der Waals surface area contributed by atoms with E-state index in [4.69, 9.17) is 4.74 Å². The van der Waals surface area contributed by atoms with Crippen molar-refractivity contribution in [1.82, 2.24) is 24.4 Å². The lowest BCUT2D eigenvalue weighted by Gasteiger charge is -2.01. The first-order valence-corrected chi connectivity index (χ1v) is 6.69. The molecule has 0 saturated heterocycles. The molecule has 102 valence electrons. The Kier molecular flexibility index (Phi) is 3.40. The monoisotopic (exact) mass is 289 g/mol. The van der Waals surface area contributed by atoms with Gasteiger partial charge in [-0.2, -0.15) is 4.68 Å². The van der Waals surface area contributed by atoms with Gasteiger partial charge in [0.15, 0.2) is 5.65 Å². The van der Waals surface area contributed by atoms with E-state index in [0.717, 1.165) is 9.56 Å². The Morgan fingerprint density at radius 2 is 2.35 bits per heavy atom. The van der Waals surface area contributed by atoms with Gasteiger partial charge in [-0.05, 0) is 23.6 Å². The predicted molar refractivity (Wildman–Crippen MR) is 75.3 cm³/mol. The second-order valence-electron chi connectivity index (χ2n) is 3.96. The first-order valence-electron chi connectivity index (χ1n) is 5.81. The van der Waals surface area contributed by atoms with Gasteiger partial charge in [-0.3, -0.25) is 0 Å². The lowest BCUT2D eigenvalue weighted by atomic mass is 10.3. The largest absolute Gasteiger partial charge is 0.362 e. The third-order valence-corrected chi connectivity index (χ3v) is 3.48. The van der Waals surface area contributed by atoms with Crippen LogP contribution < -0.4 is 5.69 Å². The molecule has 0 aliphatic heterocycles. The molecular formula is C12H11N5O2S. The maximum absolute atomic E-state index is 12.0. The normalized spacial score (nSPS) is 11.7. The maximum Gasteiger partial charge on any atom is 0.355 e. The molecule has 0 radical (unpaired) electrons. The van der Waals surface area contributed by atoms with E-state index in [2.05, 4.69) is 15.3 Å². The number of imidazole rings is 1. The molecule has 0 aliphatic carbocycles. The highest BCUT2D eigenvalue weighted by molar-refractivity contribution is 7.10. The Bertz CT molecular complexity index is 803. The molecule has 0 saturated carbocycles. The van der Waals surface area contributed by atoms with Crippen LogP contribution in [0, 0.1) is 0 Å². The van der Waals surface area contributed by atoms with Crippen molar-refractivity contribution in [3.63, 3.8) is 0 Å². The first kappa shape index (κ1) is 12.7. The number of methoxy groups -OCH3 is 1. The van der Waals surface area contributed by atoms with E-state index in [1.165, 1.54) is 17.8 Å². The van der Waals surface area contributed by atoms with E-state index in [0.29, 0.717) is 11.3 Å². The molecule has 0 bridgehead atoms. The predicted octanol–water partition coefficient (Wildman–Crippen LogP) is 1.12. The summed E-state index contributed by atoms with van der Waals surface area (Å²) in [6.45, 7) is 0.0559. The maximum atomic E-state index is 12.0. The van der Waals surface area contributed by atoms with Crippen LogP contribution in [0.25, 0.3) is 17.8 Å². The minimum absolute atomic E-state index is 0.0559. The molecule has 0 N–H and O–H groups in total. The van der Waals surface area contributed by atoms with E-state index in [-0.39, 0.29) is 12.4 Å². The van der Waals surface area contributed by atoms with Crippen LogP contribution in [-0.2, 0) is 11.5 Å². The van der Waals surface area contributed by atoms with Crippen molar-refractivity contribution < 1.29 is 4.74 Å². The number of rotatable bonds is 4. The van der Waals surface area contributed by atoms with Crippen molar-refractivity contribution in [2.75, 3.05) is 7.11 Å². The third kappa shape index (κ3) is 2.26. The molecule has 3 heterocycles. The van der Waals surface area contributed by atoms with Gasteiger partial charge in [-0.25, -0.2) is 14.2 Å². The zero-order valence-corrected chi connectivity index (χ0v) is 11.4. The SMILES string of the molecule is COCn1nnc2c(C=Cc3cccs3)ncn2c1=O. The summed E-state index contributed by atoms with van der Waals surface area (Å²) in [5.74, 6) is 0. The van der Waals surface area contributed by atoms with Crippen LogP contribution in [0.4, 0.5) is 0 Å². The van der Waals surface area contributed by atoms with E-state index in [1.54, 1.807) is 11.3 Å². The zero-order valence-electron chi connectivity index (χ0n) is 10.6. The molecule has 0 spiro atoms. The number of hydrogen-bond acceptors (Lipinski definition) is 6. The smallest absolute Gasteiger partial charge is 0.355 e. The minimum atomic E-state index is -0.333. The molecule has 0 aliphatic rings. The van der Waals surface area contributed by atoms with Crippen LogP contribution in [0.15, 0.2) is 28.6 Å². The fourth-order valence-electron chi connectivity index (χ4n) is 1.72. The van der Waals surface area contributed by atoms with Crippen molar-refractivity contribution >= 4 is 29.1 Å². The Morgan fingerprint density at radius 3 is 3.10 bits per heavy atom. The molecule has 3 aromatic rings. The first-order chi connectivity index (χ1) is 9.79. The minimum Gasteiger partial charge on any atom is -0.362 e. The fourth-order valence-corrected chi connectivity index (χ4v) is 2.34. The van der Waals surface area contributed by atoms with Crippen LogP contribution >= 0.6 is 11.3 Å².